The standard InChI is InChI=1S/C70H58N4/c1-67-35-11-13-37-69(67,3)73(51-25-19-45(43-71)20-26-51)63-33-23-49(39-61(63)67)59-41-57(47-15-7-5-8-16-47)53-30-32-56-60(42-58(48-17-9-6-10-18-48)54-29-31-55(59)65(53)66(54)56)50-24-34-64-62(40-50)68(2)36-12-14-38-70(68,4)74(64)52-27-21-46(44-72)22-28-52/h5-10,15-34,39-42H,11-14,35-38H2,1-4H3. The topological polar surface area (TPSA) is 54.1 Å². The molecule has 0 spiro atoms. The van der Waals surface area contributed by atoms with Crippen LogP contribution in [0.4, 0.5) is 22.7 Å². The fourth-order valence-electron chi connectivity index (χ4n) is 15.2. The minimum absolute atomic E-state index is 0.0724. The van der Waals surface area contributed by atoms with Crippen LogP contribution in [0.15, 0.2) is 182 Å². The van der Waals surface area contributed by atoms with Gasteiger partial charge in [0.1, 0.15) is 0 Å². The average molecular weight is 955 g/mol. The van der Waals surface area contributed by atoms with Gasteiger partial charge in [-0.15, -0.1) is 0 Å². The molecule has 4 heteroatoms. The second-order valence-electron chi connectivity index (χ2n) is 22.8. The third-order valence-corrected chi connectivity index (χ3v) is 19.4. The third-order valence-electron chi connectivity index (χ3n) is 19.4. The number of nitrogens with zero attached hydrogens (tertiary/aromatic N) is 4. The highest BCUT2D eigenvalue weighted by atomic mass is 15.3. The Morgan fingerprint density at radius 1 is 0.365 bits per heavy atom. The Bertz CT molecular complexity index is 3730. The van der Waals surface area contributed by atoms with Crippen molar-refractivity contribution in [2.24, 2.45) is 0 Å². The smallest absolute Gasteiger partial charge is 0.0991 e. The summed E-state index contributed by atoms with van der Waals surface area (Å²) in [5, 5.41) is 27.1. The van der Waals surface area contributed by atoms with Crippen LogP contribution >= 0.6 is 0 Å². The molecule has 2 aliphatic carbocycles. The quantitative estimate of drug-likeness (QED) is 0.156. The monoisotopic (exact) mass is 954 g/mol. The molecule has 0 saturated heterocycles. The summed E-state index contributed by atoms with van der Waals surface area (Å²) in [6.07, 6.45) is 9.27. The van der Waals surface area contributed by atoms with Crippen molar-refractivity contribution >= 4 is 55.1 Å². The summed E-state index contributed by atoms with van der Waals surface area (Å²) in [4.78, 5) is 5.22. The molecule has 74 heavy (non-hydrogen) atoms. The van der Waals surface area contributed by atoms with Gasteiger partial charge in [0.05, 0.1) is 34.3 Å². The van der Waals surface area contributed by atoms with E-state index in [1.165, 1.54) is 125 Å². The number of fused-ring (bicyclic) bond motifs is 6. The third kappa shape index (κ3) is 6.06. The molecule has 4 unspecified atom stereocenters. The summed E-state index contributed by atoms with van der Waals surface area (Å²) in [6.45, 7) is 10.00. The van der Waals surface area contributed by atoms with E-state index in [1.54, 1.807) is 0 Å². The largest absolute Gasteiger partial charge is 0.334 e. The molecule has 2 fully saturated rings. The van der Waals surface area contributed by atoms with Crippen LogP contribution in [-0.2, 0) is 10.8 Å². The highest BCUT2D eigenvalue weighted by Crippen LogP contribution is 2.63. The first kappa shape index (κ1) is 44.5. The molecule has 0 amide bonds. The van der Waals surface area contributed by atoms with Crippen LogP contribution in [0.5, 0.6) is 0 Å². The number of hydrogen-bond acceptors (Lipinski definition) is 4. The van der Waals surface area contributed by atoms with Crippen LogP contribution in [-0.4, -0.2) is 11.1 Å². The van der Waals surface area contributed by atoms with Gasteiger partial charge in [0, 0.05) is 33.6 Å². The first-order chi connectivity index (χ1) is 36.1. The van der Waals surface area contributed by atoms with E-state index in [0.717, 1.165) is 37.1 Å². The maximum absolute atomic E-state index is 9.72. The van der Waals surface area contributed by atoms with Crippen molar-refractivity contribution in [1.82, 2.24) is 0 Å². The van der Waals surface area contributed by atoms with E-state index < -0.39 is 0 Å². The van der Waals surface area contributed by atoms with Gasteiger partial charge in [0.25, 0.3) is 0 Å². The molecular weight excluding hydrogens is 897 g/mol. The predicted octanol–water partition coefficient (Wildman–Crippen LogP) is 18.5. The zero-order valence-electron chi connectivity index (χ0n) is 42.8. The Labute approximate surface area is 435 Å². The zero-order valence-corrected chi connectivity index (χ0v) is 42.8. The molecule has 0 radical (unpaired) electrons. The lowest BCUT2D eigenvalue weighted by atomic mass is 9.61. The van der Waals surface area contributed by atoms with E-state index in [0.29, 0.717) is 11.1 Å². The molecule has 2 aliphatic heterocycles. The number of rotatable bonds is 6. The minimum Gasteiger partial charge on any atom is -0.334 e. The number of benzene rings is 10. The molecule has 4 aliphatic rings. The van der Waals surface area contributed by atoms with E-state index in [1.807, 2.05) is 24.3 Å². The van der Waals surface area contributed by atoms with Crippen LogP contribution in [0.2, 0.25) is 0 Å². The number of hydrogen-bond donors (Lipinski definition) is 0. The van der Waals surface area contributed by atoms with Gasteiger partial charge in [0.15, 0.2) is 0 Å². The Morgan fingerprint density at radius 3 is 1.08 bits per heavy atom. The van der Waals surface area contributed by atoms with E-state index in [2.05, 4.69) is 207 Å². The SMILES string of the molecule is CC12CCCCC1(C)N(c1ccc(C#N)cc1)c1ccc(-c3cc(-c4ccccc4)c4ccc5c(-c6ccc7c(c6)C6(C)CCCCC6(C)N7c6ccc(C#N)cc6)cc(-c6ccccc6)c6ccc3c4c65)cc12. The Hall–Kier alpha value is -8.18. The highest BCUT2D eigenvalue weighted by Gasteiger charge is 2.59. The number of nitriles is 2. The molecule has 4 nitrogen and oxygen atoms in total. The van der Waals surface area contributed by atoms with Crippen LogP contribution in [0, 0.1) is 22.7 Å². The van der Waals surface area contributed by atoms with Gasteiger partial charge in [-0.25, -0.2) is 0 Å². The Balaban J connectivity index is 1.02. The van der Waals surface area contributed by atoms with Crippen molar-refractivity contribution in [3.63, 3.8) is 0 Å². The highest BCUT2D eigenvalue weighted by molar-refractivity contribution is 6.32. The molecule has 0 bridgehead atoms. The van der Waals surface area contributed by atoms with E-state index >= 15 is 0 Å². The fraction of sp³-hybridized carbons (Fsp3) is 0.229. The molecular formula is C70H58N4. The summed E-state index contributed by atoms with van der Waals surface area (Å²) >= 11 is 0. The number of anilines is 4. The van der Waals surface area contributed by atoms with E-state index in [9.17, 15) is 10.5 Å². The van der Waals surface area contributed by atoms with Gasteiger partial charge in [0.2, 0.25) is 0 Å². The molecule has 14 rings (SSSR count). The summed E-state index contributed by atoms with van der Waals surface area (Å²) < 4.78 is 0. The molecule has 0 N–H and O–H groups in total. The first-order valence-electron chi connectivity index (χ1n) is 26.9. The Morgan fingerprint density at radius 2 is 0.716 bits per heavy atom. The molecule has 4 atom stereocenters. The van der Waals surface area contributed by atoms with Crippen molar-refractivity contribution in [2.75, 3.05) is 9.80 Å². The fourth-order valence-corrected chi connectivity index (χ4v) is 15.2. The maximum Gasteiger partial charge on any atom is 0.0991 e. The van der Waals surface area contributed by atoms with Gasteiger partial charge in [-0.05, 0) is 212 Å². The van der Waals surface area contributed by atoms with Crippen LogP contribution in [0.3, 0.4) is 0 Å². The average Bonchev–Trinajstić information content (AvgIpc) is 3.80. The zero-order chi connectivity index (χ0) is 50.1. The van der Waals surface area contributed by atoms with Gasteiger partial charge in [-0.1, -0.05) is 137 Å². The molecule has 2 heterocycles. The van der Waals surface area contributed by atoms with Crippen LogP contribution in [0.25, 0.3) is 76.8 Å². The van der Waals surface area contributed by atoms with E-state index in [4.69, 9.17) is 0 Å². The molecule has 2 saturated carbocycles. The second-order valence-corrected chi connectivity index (χ2v) is 22.8. The summed E-state index contributed by atoms with van der Waals surface area (Å²) in [5.41, 5.74) is 18.6. The van der Waals surface area contributed by atoms with Gasteiger partial charge < -0.3 is 9.80 Å². The van der Waals surface area contributed by atoms with Gasteiger partial charge in [-0.3, -0.25) is 0 Å². The summed E-state index contributed by atoms with van der Waals surface area (Å²) in [5.74, 6) is 0. The van der Waals surface area contributed by atoms with Crippen LogP contribution in [0.1, 0.15) is 101 Å². The summed E-state index contributed by atoms with van der Waals surface area (Å²) in [7, 11) is 0. The molecule has 10 aromatic carbocycles. The molecule has 0 aromatic heterocycles. The van der Waals surface area contributed by atoms with Gasteiger partial charge in [-0.2, -0.15) is 10.5 Å². The van der Waals surface area contributed by atoms with Crippen LogP contribution < -0.4 is 9.80 Å². The molecule has 10 aromatic rings. The predicted molar refractivity (Wildman–Crippen MR) is 307 cm³/mol. The lowest BCUT2D eigenvalue weighted by Crippen LogP contribution is -2.54. The van der Waals surface area contributed by atoms with Crippen molar-refractivity contribution in [3.05, 3.63) is 204 Å². The maximum atomic E-state index is 9.72. The van der Waals surface area contributed by atoms with E-state index in [-0.39, 0.29) is 21.9 Å². The normalized spacial score (nSPS) is 22.8. The summed E-state index contributed by atoms with van der Waals surface area (Å²) in [6, 6.07) is 72.5. The van der Waals surface area contributed by atoms with Crippen molar-refractivity contribution < 1.29 is 0 Å². The minimum atomic E-state index is -0.116. The second kappa shape index (κ2) is 16.2. The first-order valence-corrected chi connectivity index (χ1v) is 26.9. The Kier molecular flexibility index (Phi) is 9.72. The lowest BCUT2D eigenvalue weighted by molar-refractivity contribution is 0.195. The van der Waals surface area contributed by atoms with Crippen molar-refractivity contribution in [3.8, 4) is 56.6 Å². The van der Waals surface area contributed by atoms with Crippen molar-refractivity contribution in [1.29, 1.82) is 10.5 Å². The molecule has 358 valence electrons. The van der Waals surface area contributed by atoms with Gasteiger partial charge >= 0.3 is 0 Å². The lowest BCUT2D eigenvalue weighted by Gasteiger charge is -2.50. The van der Waals surface area contributed by atoms with Crippen molar-refractivity contribution in [2.45, 2.75) is 101 Å².